The van der Waals surface area contributed by atoms with Gasteiger partial charge in [-0.1, -0.05) is 23.8 Å². The summed E-state index contributed by atoms with van der Waals surface area (Å²) >= 11 is 5.96. The number of carbonyl (C=O) groups is 2. The number of amides is 2. The Labute approximate surface area is 197 Å². The van der Waals surface area contributed by atoms with Crippen molar-refractivity contribution in [1.82, 2.24) is 20.2 Å². The normalized spacial score (nSPS) is 14.6. The zero-order valence-electron chi connectivity index (χ0n) is 17.9. The molecule has 2 heterocycles. The molecule has 0 saturated heterocycles. The zero-order valence-corrected chi connectivity index (χ0v) is 18.7. The number of carbonyl (C=O) groups excluding carboxylic acids is 2. The Balaban J connectivity index is 1.55. The fourth-order valence-electron chi connectivity index (χ4n) is 3.63. The van der Waals surface area contributed by atoms with Crippen LogP contribution < -0.4 is 5.32 Å². The molecule has 1 aliphatic rings. The lowest BCUT2D eigenvalue weighted by Crippen LogP contribution is -2.34. The minimum Gasteiger partial charge on any atom is -0.340 e. The van der Waals surface area contributed by atoms with Crippen LogP contribution in [-0.2, 0) is 4.74 Å². The van der Waals surface area contributed by atoms with Crippen LogP contribution in [0.4, 0.5) is 13.2 Å². The molecule has 11 heteroatoms. The van der Waals surface area contributed by atoms with E-state index in [1.165, 1.54) is 18.2 Å². The average Bonchev–Trinajstić information content (AvgIpc) is 3.45. The number of fused-ring (bicyclic) bond motifs is 1. The maximum Gasteiger partial charge on any atom is 0.522 e. The molecule has 4 rings (SSSR count). The van der Waals surface area contributed by atoms with E-state index in [1.807, 2.05) is 12.2 Å². The van der Waals surface area contributed by atoms with Gasteiger partial charge in [-0.3, -0.25) is 14.3 Å². The quantitative estimate of drug-likeness (QED) is 0.494. The van der Waals surface area contributed by atoms with Crippen LogP contribution in [-0.4, -0.2) is 52.7 Å². The molecule has 0 unspecified atom stereocenters. The Bertz CT molecular complexity index is 1260. The van der Waals surface area contributed by atoms with Crippen LogP contribution in [0.2, 0.25) is 5.02 Å². The van der Waals surface area contributed by atoms with Crippen molar-refractivity contribution in [3.05, 3.63) is 76.1 Å². The number of nitrogens with one attached hydrogen (secondary N) is 2. The number of halogens is 4. The highest BCUT2D eigenvalue weighted by atomic mass is 35.5. The molecule has 1 aliphatic heterocycles. The van der Waals surface area contributed by atoms with Crippen molar-refractivity contribution in [1.29, 1.82) is 0 Å². The van der Waals surface area contributed by atoms with Crippen LogP contribution in [0.1, 0.15) is 38.1 Å². The number of aromatic nitrogens is 2. The number of aromatic amines is 1. The summed E-state index contributed by atoms with van der Waals surface area (Å²) in [4.78, 5) is 34.3. The Morgan fingerprint density at radius 2 is 1.94 bits per heavy atom. The molecular formula is C23H20ClF3N4O3. The predicted molar refractivity (Wildman–Crippen MR) is 120 cm³/mol. The molecule has 178 valence electrons. The molecule has 0 radical (unpaired) electrons. The molecule has 2 N–H and O–H groups in total. The molecule has 3 aromatic rings. The molecule has 7 nitrogen and oxygen atoms in total. The number of ether oxygens (including phenoxy) is 1. The van der Waals surface area contributed by atoms with Crippen molar-refractivity contribution < 1.29 is 27.5 Å². The zero-order chi connectivity index (χ0) is 24.5. The molecule has 0 fully saturated rings. The average molecular weight is 493 g/mol. The number of nitrogens with zero attached hydrogens (tertiary/aromatic N) is 2. The monoisotopic (exact) mass is 492 g/mol. The van der Waals surface area contributed by atoms with Gasteiger partial charge >= 0.3 is 6.36 Å². The number of aryl methyl sites for hydroxylation is 1. The first kappa shape index (κ1) is 23.8. The second-order valence-electron chi connectivity index (χ2n) is 7.78. The topological polar surface area (TPSA) is 87.3 Å². The van der Waals surface area contributed by atoms with Crippen LogP contribution in [0, 0.1) is 6.92 Å². The number of H-pyrrole nitrogens is 1. The highest BCUT2D eigenvalue weighted by Crippen LogP contribution is 2.24. The molecule has 0 bridgehead atoms. The number of alkyl halides is 3. The van der Waals surface area contributed by atoms with Gasteiger partial charge < -0.3 is 15.2 Å². The maximum absolute atomic E-state index is 12.9. The summed E-state index contributed by atoms with van der Waals surface area (Å²) in [6.45, 7) is 1.84. The molecule has 0 saturated carbocycles. The van der Waals surface area contributed by atoms with E-state index in [9.17, 15) is 22.8 Å². The predicted octanol–water partition coefficient (Wildman–Crippen LogP) is 4.54. The molecule has 1 aromatic heterocycles. The summed E-state index contributed by atoms with van der Waals surface area (Å²) in [6.07, 6.45) is -1.10. The van der Waals surface area contributed by atoms with Gasteiger partial charge in [0.2, 0.25) is 0 Å². The third-order valence-electron chi connectivity index (χ3n) is 5.34. The van der Waals surface area contributed by atoms with Crippen LogP contribution in [0.25, 0.3) is 11.0 Å². The van der Waals surface area contributed by atoms with Gasteiger partial charge in [0.15, 0.2) is 0 Å². The molecule has 0 spiro atoms. The fraction of sp³-hybridized carbons (Fsp3) is 0.261. The Kier molecular flexibility index (Phi) is 6.63. The first-order valence-electron chi connectivity index (χ1n) is 10.3. The van der Waals surface area contributed by atoms with Gasteiger partial charge in [0.05, 0.1) is 17.6 Å². The highest BCUT2D eigenvalue weighted by Gasteiger charge is 2.32. The van der Waals surface area contributed by atoms with Gasteiger partial charge in [0.1, 0.15) is 11.9 Å². The molecule has 2 amide bonds. The Morgan fingerprint density at radius 3 is 2.62 bits per heavy atom. The van der Waals surface area contributed by atoms with E-state index >= 15 is 0 Å². The largest absolute Gasteiger partial charge is 0.522 e. The van der Waals surface area contributed by atoms with Crippen molar-refractivity contribution in [2.24, 2.45) is 0 Å². The van der Waals surface area contributed by atoms with Crippen molar-refractivity contribution in [2.75, 3.05) is 19.7 Å². The molecule has 2 aromatic carbocycles. The first-order chi connectivity index (χ1) is 16.1. The van der Waals surface area contributed by atoms with E-state index in [0.717, 1.165) is 0 Å². The third-order valence-corrected chi connectivity index (χ3v) is 5.57. The first-order valence-corrected chi connectivity index (χ1v) is 10.7. The van der Waals surface area contributed by atoms with Crippen molar-refractivity contribution in [2.45, 2.75) is 19.3 Å². The lowest BCUT2D eigenvalue weighted by molar-refractivity contribution is -0.326. The molecule has 0 aliphatic carbocycles. The number of hydrogen-bond acceptors (Lipinski definition) is 4. The van der Waals surface area contributed by atoms with E-state index in [4.69, 9.17) is 11.6 Å². The number of benzene rings is 2. The van der Waals surface area contributed by atoms with Gasteiger partial charge in [-0.15, -0.1) is 13.2 Å². The number of rotatable bonds is 6. The van der Waals surface area contributed by atoms with Crippen molar-refractivity contribution >= 4 is 34.4 Å². The summed E-state index contributed by atoms with van der Waals surface area (Å²) in [7, 11) is 0. The van der Waals surface area contributed by atoms with E-state index in [0.29, 0.717) is 40.3 Å². The summed E-state index contributed by atoms with van der Waals surface area (Å²) < 4.78 is 42.2. The Hall–Kier alpha value is -3.37. The smallest absolute Gasteiger partial charge is 0.340 e. The van der Waals surface area contributed by atoms with Gasteiger partial charge in [-0.05, 0) is 48.9 Å². The molecule has 1 atom stereocenters. The standard InChI is InChI=1S/C23H20ClF3N4O3/c1-13-10-14(4-6-16(13)22(33)31-8-2-3-9-31)21(32)30-19(12-34-23(25,26)27)20-28-17-7-5-15(24)11-18(17)29-20/h2-7,10-11,19H,8-9,12H2,1H3,(H,28,29)(H,30,32)/t19-/m0/s1. The lowest BCUT2D eigenvalue weighted by Gasteiger charge is -2.19. The van der Waals surface area contributed by atoms with Crippen LogP contribution in [0.15, 0.2) is 48.6 Å². The van der Waals surface area contributed by atoms with Crippen molar-refractivity contribution in [3.8, 4) is 0 Å². The second kappa shape index (κ2) is 9.47. The molecular weight excluding hydrogens is 473 g/mol. The van der Waals surface area contributed by atoms with Gasteiger partial charge in [0, 0.05) is 29.2 Å². The Morgan fingerprint density at radius 1 is 1.21 bits per heavy atom. The molecule has 34 heavy (non-hydrogen) atoms. The minimum atomic E-state index is -4.89. The third kappa shape index (κ3) is 5.40. The van der Waals surface area contributed by atoms with E-state index < -0.39 is 24.9 Å². The maximum atomic E-state index is 12.9. The number of imidazole rings is 1. The van der Waals surface area contributed by atoms with E-state index in [2.05, 4.69) is 20.0 Å². The summed E-state index contributed by atoms with van der Waals surface area (Å²) in [6, 6.07) is 8.08. The highest BCUT2D eigenvalue weighted by molar-refractivity contribution is 6.31. The van der Waals surface area contributed by atoms with E-state index in [-0.39, 0.29) is 17.3 Å². The minimum absolute atomic E-state index is 0.0833. The van der Waals surface area contributed by atoms with Gasteiger partial charge in [0.25, 0.3) is 11.8 Å². The van der Waals surface area contributed by atoms with E-state index in [1.54, 1.807) is 30.0 Å². The summed E-state index contributed by atoms with van der Waals surface area (Å²) in [5.41, 5.74) is 2.19. The SMILES string of the molecule is Cc1cc(C(=O)N[C@@H](COC(F)(F)F)c2nc3cc(Cl)ccc3[nH]2)ccc1C(=O)N1CC=CC1. The summed E-state index contributed by atoms with van der Waals surface area (Å²) in [5, 5.41) is 2.94. The summed E-state index contributed by atoms with van der Waals surface area (Å²) in [5.74, 6) is -0.717. The number of hydrogen-bond donors (Lipinski definition) is 2. The van der Waals surface area contributed by atoms with Crippen LogP contribution in [0.3, 0.4) is 0 Å². The fourth-order valence-corrected chi connectivity index (χ4v) is 3.80. The van der Waals surface area contributed by atoms with Gasteiger partial charge in [-0.25, -0.2) is 4.98 Å². The van der Waals surface area contributed by atoms with Crippen molar-refractivity contribution in [3.63, 3.8) is 0 Å². The second-order valence-corrected chi connectivity index (χ2v) is 8.21. The van der Waals surface area contributed by atoms with Crippen LogP contribution in [0.5, 0.6) is 0 Å². The van der Waals surface area contributed by atoms with Crippen LogP contribution >= 0.6 is 11.6 Å². The van der Waals surface area contributed by atoms with Gasteiger partial charge in [-0.2, -0.15) is 0 Å². The lowest BCUT2D eigenvalue weighted by atomic mass is 10.0.